The summed E-state index contributed by atoms with van der Waals surface area (Å²) in [6.07, 6.45) is 0. The summed E-state index contributed by atoms with van der Waals surface area (Å²) in [6.45, 7) is 0. The van der Waals surface area contributed by atoms with Gasteiger partial charge in [-0.05, 0) is 34.1 Å². The fraction of sp³-hybridized carbons (Fsp3) is 0. The highest BCUT2D eigenvalue weighted by Crippen LogP contribution is 2.24. The van der Waals surface area contributed by atoms with Crippen molar-refractivity contribution >= 4 is 33.3 Å². The summed E-state index contributed by atoms with van der Waals surface area (Å²) < 4.78 is 39.8. The highest BCUT2D eigenvalue weighted by molar-refractivity contribution is 9.10. The molecule has 94 valence electrons. The van der Waals surface area contributed by atoms with Crippen LogP contribution in [0.5, 0.6) is 0 Å². The maximum atomic E-state index is 13.4. The number of aromatic nitrogens is 1. The van der Waals surface area contributed by atoms with E-state index in [-0.39, 0.29) is 16.0 Å². The first kappa shape index (κ1) is 12.7. The molecule has 1 aromatic carbocycles. The van der Waals surface area contributed by atoms with E-state index >= 15 is 0 Å². The van der Waals surface area contributed by atoms with Crippen LogP contribution in [0.2, 0.25) is 0 Å². The van der Waals surface area contributed by atoms with Gasteiger partial charge in [0.25, 0.3) is 0 Å². The van der Waals surface area contributed by atoms with Crippen LogP contribution in [0.25, 0.3) is 0 Å². The van der Waals surface area contributed by atoms with Gasteiger partial charge in [-0.1, -0.05) is 0 Å². The van der Waals surface area contributed by atoms with Gasteiger partial charge in [-0.15, -0.1) is 0 Å². The number of nitrogens with one attached hydrogen (secondary N) is 1. The Hall–Kier alpha value is -1.76. The lowest BCUT2D eigenvalue weighted by atomic mass is 10.3. The van der Waals surface area contributed by atoms with Crippen molar-refractivity contribution in [2.24, 2.45) is 0 Å². The molecule has 1 aromatic heterocycles. The van der Waals surface area contributed by atoms with Crippen molar-refractivity contribution in [3.8, 4) is 0 Å². The molecule has 0 aliphatic rings. The van der Waals surface area contributed by atoms with Crippen molar-refractivity contribution in [1.29, 1.82) is 0 Å². The van der Waals surface area contributed by atoms with Crippen LogP contribution in [0.4, 0.5) is 30.5 Å². The quantitative estimate of drug-likeness (QED) is 0.890. The minimum absolute atomic E-state index is 0.268. The van der Waals surface area contributed by atoms with Crippen molar-refractivity contribution in [2.75, 3.05) is 11.1 Å². The van der Waals surface area contributed by atoms with Crippen LogP contribution >= 0.6 is 15.9 Å². The molecule has 0 saturated heterocycles. The zero-order valence-electron chi connectivity index (χ0n) is 8.85. The van der Waals surface area contributed by atoms with Crippen molar-refractivity contribution in [3.05, 3.63) is 46.2 Å². The lowest BCUT2D eigenvalue weighted by molar-refractivity contribution is 0.580. The fourth-order valence-electron chi connectivity index (χ4n) is 1.28. The second kappa shape index (κ2) is 4.85. The number of rotatable bonds is 2. The summed E-state index contributed by atoms with van der Waals surface area (Å²) in [5.74, 6) is -3.08. The van der Waals surface area contributed by atoms with E-state index in [9.17, 15) is 13.2 Å². The first-order valence-electron chi connectivity index (χ1n) is 4.81. The van der Waals surface area contributed by atoms with Gasteiger partial charge in [0.2, 0.25) is 0 Å². The third-order valence-electron chi connectivity index (χ3n) is 2.14. The summed E-state index contributed by atoms with van der Waals surface area (Å²) >= 11 is 2.99. The van der Waals surface area contributed by atoms with E-state index in [1.165, 1.54) is 12.1 Å². The Kier molecular flexibility index (Phi) is 3.42. The van der Waals surface area contributed by atoms with Crippen LogP contribution in [0, 0.1) is 17.5 Å². The number of nitrogens with two attached hydrogens (primary N) is 1. The predicted molar refractivity (Wildman–Crippen MR) is 65.9 cm³/mol. The first-order valence-corrected chi connectivity index (χ1v) is 5.60. The van der Waals surface area contributed by atoms with Crippen LogP contribution in [0.3, 0.4) is 0 Å². The van der Waals surface area contributed by atoms with Crippen LogP contribution < -0.4 is 11.1 Å². The largest absolute Gasteiger partial charge is 0.381 e. The van der Waals surface area contributed by atoms with Gasteiger partial charge in [0.05, 0.1) is 4.47 Å². The molecule has 7 heteroatoms. The fourth-order valence-corrected chi connectivity index (χ4v) is 1.53. The molecular weight excluding hydrogens is 311 g/mol. The summed E-state index contributed by atoms with van der Waals surface area (Å²) in [7, 11) is 0. The Morgan fingerprint density at radius 3 is 2.44 bits per heavy atom. The third-order valence-corrected chi connectivity index (χ3v) is 2.78. The van der Waals surface area contributed by atoms with Gasteiger partial charge in [-0.3, -0.25) is 0 Å². The summed E-state index contributed by atoms with van der Waals surface area (Å²) in [5.41, 5.74) is 5.49. The molecule has 3 nitrogen and oxygen atoms in total. The van der Waals surface area contributed by atoms with Crippen molar-refractivity contribution < 1.29 is 13.2 Å². The molecule has 0 amide bonds. The SMILES string of the molecule is Nc1nc(Nc2ccc(Br)c(F)c2)c(F)cc1F. The molecule has 0 aliphatic heterocycles. The van der Waals surface area contributed by atoms with E-state index in [0.29, 0.717) is 6.07 Å². The predicted octanol–water partition coefficient (Wildman–Crippen LogP) is 3.59. The number of pyridine rings is 1. The number of anilines is 3. The smallest absolute Gasteiger partial charge is 0.169 e. The normalized spacial score (nSPS) is 10.4. The minimum atomic E-state index is -0.944. The second-order valence-electron chi connectivity index (χ2n) is 3.44. The van der Waals surface area contributed by atoms with E-state index in [2.05, 4.69) is 26.2 Å². The van der Waals surface area contributed by atoms with E-state index in [0.717, 1.165) is 6.07 Å². The lowest BCUT2D eigenvalue weighted by Gasteiger charge is -2.08. The molecule has 0 spiro atoms. The average Bonchev–Trinajstić information content (AvgIpc) is 2.31. The number of benzene rings is 1. The Bertz CT molecular complexity index is 604. The third kappa shape index (κ3) is 2.56. The van der Waals surface area contributed by atoms with Crippen LogP contribution in [-0.2, 0) is 0 Å². The van der Waals surface area contributed by atoms with Crippen molar-refractivity contribution in [2.45, 2.75) is 0 Å². The lowest BCUT2D eigenvalue weighted by Crippen LogP contribution is -2.03. The number of halogens is 4. The number of hydrogen-bond donors (Lipinski definition) is 2. The van der Waals surface area contributed by atoms with Gasteiger partial charge in [-0.25, -0.2) is 18.2 Å². The Labute approximate surface area is 109 Å². The molecule has 18 heavy (non-hydrogen) atoms. The summed E-state index contributed by atoms with van der Waals surface area (Å²) in [5, 5.41) is 2.51. The molecule has 2 rings (SSSR count). The van der Waals surface area contributed by atoms with Gasteiger partial charge in [0.15, 0.2) is 23.3 Å². The summed E-state index contributed by atoms with van der Waals surface area (Å²) in [4.78, 5) is 3.50. The highest BCUT2D eigenvalue weighted by Gasteiger charge is 2.10. The van der Waals surface area contributed by atoms with E-state index in [1.807, 2.05) is 0 Å². The van der Waals surface area contributed by atoms with E-state index in [1.54, 1.807) is 0 Å². The van der Waals surface area contributed by atoms with Crippen LogP contribution in [0.1, 0.15) is 0 Å². The molecule has 2 aromatic rings. The van der Waals surface area contributed by atoms with Gasteiger partial charge in [0.1, 0.15) is 5.82 Å². The maximum Gasteiger partial charge on any atom is 0.169 e. The van der Waals surface area contributed by atoms with Gasteiger partial charge in [0, 0.05) is 11.8 Å². The molecule has 0 atom stereocenters. The molecule has 0 fully saturated rings. The molecule has 0 aliphatic carbocycles. The maximum absolute atomic E-state index is 13.4. The Morgan fingerprint density at radius 1 is 1.06 bits per heavy atom. The first-order chi connectivity index (χ1) is 8.47. The van der Waals surface area contributed by atoms with Crippen LogP contribution in [0.15, 0.2) is 28.7 Å². The van der Waals surface area contributed by atoms with Gasteiger partial charge < -0.3 is 11.1 Å². The summed E-state index contributed by atoms with van der Waals surface area (Å²) in [6, 6.07) is 4.71. The van der Waals surface area contributed by atoms with Crippen molar-refractivity contribution in [1.82, 2.24) is 4.98 Å². The topological polar surface area (TPSA) is 50.9 Å². The molecular formula is C11H7BrF3N3. The highest BCUT2D eigenvalue weighted by atomic mass is 79.9. The average molecular weight is 318 g/mol. The Morgan fingerprint density at radius 2 is 1.78 bits per heavy atom. The van der Waals surface area contributed by atoms with Crippen LogP contribution in [-0.4, -0.2) is 4.98 Å². The number of nitrogens with zero attached hydrogens (tertiary/aromatic N) is 1. The molecule has 0 radical (unpaired) electrons. The molecule has 0 saturated carbocycles. The van der Waals surface area contributed by atoms with Crippen molar-refractivity contribution in [3.63, 3.8) is 0 Å². The molecule has 0 bridgehead atoms. The minimum Gasteiger partial charge on any atom is -0.381 e. The van der Waals surface area contributed by atoms with E-state index in [4.69, 9.17) is 5.73 Å². The van der Waals surface area contributed by atoms with Gasteiger partial charge in [-0.2, -0.15) is 0 Å². The molecule has 3 N–H and O–H groups in total. The number of hydrogen-bond acceptors (Lipinski definition) is 3. The Balaban J connectivity index is 2.34. The second-order valence-corrected chi connectivity index (χ2v) is 4.29. The monoisotopic (exact) mass is 317 g/mol. The zero-order valence-corrected chi connectivity index (χ0v) is 10.4. The zero-order chi connectivity index (χ0) is 13.3. The van der Waals surface area contributed by atoms with Gasteiger partial charge >= 0.3 is 0 Å². The number of nitrogen functional groups attached to an aromatic ring is 1. The molecule has 1 heterocycles. The molecule has 0 unspecified atom stereocenters. The standard InChI is InChI=1S/C11H7BrF3N3/c12-6-2-1-5(3-7(6)13)17-11-9(15)4-8(14)10(16)18-11/h1-4H,(H3,16,17,18). The van der Waals surface area contributed by atoms with E-state index < -0.39 is 23.3 Å².